The first-order chi connectivity index (χ1) is 10.1. The second-order valence-corrected chi connectivity index (χ2v) is 5.66. The minimum absolute atomic E-state index is 0.0928. The summed E-state index contributed by atoms with van der Waals surface area (Å²) in [5.74, 6) is -0.597. The second-order valence-electron chi connectivity index (χ2n) is 4.83. The van der Waals surface area contributed by atoms with Crippen molar-refractivity contribution in [1.82, 2.24) is 10.3 Å². The van der Waals surface area contributed by atoms with Crippen LogP contribution in [0.2, 0.25) is 0 Å². The molecular weight excluding hydrogens is 286 g/mol. The first-order valence-electron chi connectivity index (χ1n) is 6.80. The van der Waals surface area contributed by atoms with Gasteiger partial charge >= 0.3 is 0 Å². The monoisotopic (exact) mass is 301 g/mol. The fourth-order valence-electron chi connectivity index (χ4n) is 2.35. The van der Waals surface area contributed by atoms with Gasteiger partial charge in [-0.25, -0.2) is 9.88 Å². The van der Waals surface area contributed by atoms with Gasteiger partial charge in [0, 0.05) is 11.4 Å². The van der Waals surface area contributed by atoms with Crippen LogP contribution in [0.1, 0.15) is 46.3 Å². The summed E-state index contributed by atoms with van der Waals surface area (Å²) in [4.78, 5) is 30.3. The van der Waals surface area contributed by atoms with E-state index in [4.69, 9.17) is 0 Å². The van der Waals surface area contributed by atoms with Crippen molar-refractivity contribution >= 4 is 28.3 Å². The third-order valence-corrected chi connectivity index (χ3v) is 4.29. The van der Waals surface area contributed by atoms with E-state index < -0.39 is 0 Å². The van der Waals surface area contributed by atoms with Gasteiger partial charge in [-0.15, -0.1) is 11.3 Å². The molecule has 1 N–H and O–H groups in total. The van der Waals surface area contributed by atoms with Crippen LogP contribution in [0.3, 0.4) is 0 Å². The van der Waals surface area contributed by atoms with Crippen LogP contribution in [-0.4, -0.2) is 23.3 Å². The standard InChI is InChI=1S/C15H15N3O2S/c1-3-16-9(2)12-8-21-15(17-12)18-13(19)10-6-4-5-7-11(10)14(18)20/h4-9,16H,3H2,1-2H3. The highest BCUT2D eigenvalue weighted by atomic mass is 32.1. The number of hydrogen-bond donors (Lipinski definition) is 1. The summed E-state index contributed by atoms with van der Waals surface area (Å²) >= 11 is 1.31. The molecule has 0 aliphatic carbocycles. The normalized spacial score (nSPS) is 15.4. The van der Waals surface area contributed by atoms with Crippen LogP contribution in [0.15, 0.2) is 29.6 Å². The van der Waals surface area contributed by atoms with E-state index in [1.54, 1.807) is 24.3 Å². The summed E-state index contributed by atoms with van der Waals surface area (Å²) in [7, 11) is 0. The molecule has 0 spiro atoms. The van der Waals surface area contributed by atoms with Gasteiger partial charge in [0.15, 0.2) is 5.13 Å². The molecule has 3 rings (SSSR count). The molecule has 0 radical (unpaired) electrons. The molecule has 0 saturated carbocycles. The highest BCUT2D eigenvalue weighted by Crippen LogP contribution is 2.31. The second kappa shape index (κ2) is 5.38. The maximum Gasteiger partial charge on any atom is 0.268 e. The van der Waals surface area contributed by atoms with Gasteiger partial charge in [0.05, 0.1) is 16.8 Å². The molecule has 0 saturated heterocycles. The topological polar surface area (TPSA) is 62.3 Å². The van der Waals surface area contributed by atoms with Crippen molar-refractivity contribution in [2.45, 2.75) is 19.9 Å². The Hall–Kier alpha value is -2.05. The largest absolute Gasteiger partial charge is 0.309 e. The SMILES string of the molecule is CCNC(C)c1csc(N2C(=O)c3ccccc3C2=O)n1. The minimum atomic E-state index is -0.299. The predicted molar refractivity (Wildman–Crippen MR) is 81.8 cm³/mol. The van der Waals surface area contributed by atoms with Gasteiger partial charge in [0.2, 0.25) is 0 Å². The molecule has 1 unspecified atom stereocenters. The van der Waals surface area contributed by atoms with Gasteiger partial charge in [0.25, 0.3) is 11.8 Å². The average Bonchev–Trinajstić information content (AvgIpc) is 3.05. The lowest BCUT2D eigenvalue weighted by atomic mass is 10.1. The lowest BCUT2D eigenvalue weighted by Crippen LogP contribution is -2.29. The molecule has 1 atom stereocenters. The maximum atomic E-state index is 12.4. The molecule has 0 fully saturated rings. The minimum Gasteiger partial charge on any atom is -0.309 e. The Balaban J connectivity index is 1.93. The summed E-state index contributed by atoms with van der Waals surface area (Å²) in [5.41, 5.74) is 1.73. The molecule has 5 nitrogen and oxygen atoms in total. The highest BCUT2D eigenvalue weighted by molar-refractivity contribution is 7.14. The number of carbonyl (C=O) groups is 2. The summed E-state index contributed by atoms with van der Waals surface area (Å²) < 4.78 is 0. The number of nitrogens with zero attached hydrogens (tertiary/aromatic N) is 2. The zero-order chi connectivity index (χ0) is 15.0. The number of imide groups is 1. The van der Waals surface area contributed by atoms with E-state index in [9.17, 15) is 9.59 Å². The van der Waals surface area contributed by atoms with Crippen molar-refractivity contribution < 1.29 is 9.59 Å². The van der Waals surface area contributed by atoms with Crippen LogP contribution in [-0.2, 0) is 0 Å². The lowest BCUT2D eigenvalue weighted by molar-refractivity contribution is 0.0926. The van der Waals surface area contributed by atoms with E-state index in [-0.39, 0.29) is 17.9 Å². The first kappa shape index (κ1) is 13.9. The average molecular weight is 301 g/mol. The third-order valence-electron chi connectivity index (χ3n) is 3.45. The molecule has 6 heteroatoms. The van der Waals surface area contributed by atoms with Gasteiger partial charge in [-0.05, 0) is 25.6 Å². The van der Waals surface area contributed by atoms with Crippen LogP contribution in [0.4, 0.5) is 5.13 Å². The summed E-state index contributed by atoms with van der Waals surface area (Å²) in [5, 5.41) is 5.57. The quantitative estimate of drug-likeness (QED) is 0.882. The maximum absolute atomic E-state index is 12.4. The molecule has 2 aromatic rings. The Morgan fingerprint density at radius 1 is 1.24 bits per heavy atom. The van der Waals surface area contributed by atoms with Gasteiger partial charge in [-0.2, -0.15) is 0 Å². The Labute approximate surface area is 126 Å². The molecule has 2 heterocycles. The predicted octanol–water partition coefficient (Wildman–Crippen LogP) is 2.61. The molecule has 2 amide bonds. The van der Waals surface area contributed by atoms with E-state index in [0.29, 0.717) is 16.3 Å². The van der Waals surface area contributed by atoms with Crippen LogP contribution < -0.4 is 10.2 Å². The third kappa shape index (κ3) is 2.26. The Kier molecular flexibility index (Phi) is 3.57. The molecular formula is C15H15N3O2S. The van der Waals surface area contributed by atoms with Gasteiger partial charge in [-0.3, -0.25) is 9.59 Å². The number of benzene rings is 1. The zero-order valence-electron chi connectivity index (χ0n) is 11.8. The number of rotatable bonds is 4. The molecule has 1 aliphatic heterocycles. The fourth-order valence-corrected chi connectivity index (χ4v) is 3.26. The molecule has 1 aliphatic rings. The van der Waals surface area contributed by atoms with E-state index >= 15 is 0 Å². The van der Waals surface area contributed by atoms with Gasteiger partial charge in [-0.1, -0.05) is 19.1 Å². The highest BCUT2D eigenvalue weighted by Gasteiger charge is 2.38. The van der Waals surface area contributed by atoms with E-state index in [1.807, 2.05) is 19.2 Å². The lowest BCUT2D eigenvalue weighted by Gasteiger charge is -2.10. The van der Waals surface area contributed by atoms with Crippen molar-refractivity contribution in [3.05, 3.63) is 46.5 Å². The van der Waals surface area contributed by atoms with Gasteiger partial charge < -0.3 is 5.32 Å². The Bertz CT molecular complexity index is 675. The van der Waals surface area contributed by atoms with Crippen molar-refractivity contribution in [2.75, 3.05) is 11.4 Å². The molecule has 1 aromatic carbocycles. The van der Waals surface area contributed by atoms with E-state index in [0.717, 1.165) is 17.1 Å². The van der Waals surface area contributed by atoms with Crippen LogP contribution in [0.25, 0.3) is 0 Å². The molecule has 1 aromatic heterocycles. The number of aromatic nitrogens is 1. The van der Waals surface area contributed by atoms with Crippen molar-refractivity contribution in [3.8, 4) is 0 Å². The number of hydrogen-bond acceptors (Lipinski definition) is 5. The van der Waals surface area contributed by atoms with Crippen LogP contribution in [0, 0.1) is 0 Å². The van der Waals surface area contributed by atoms with E-state index in [1.165, 1.54) is 11.3 Å². The summed E-state index contributed by atoms with van der Waals surface area (Å²) in [6, 6.07) is 6.95. The molecule has 21 heavy (non-hydrogen) atoms. The number of anilines is 1. The number of nitrogens with one attached hydrogen (secondary N) is 1. The van der Waals surface area contributed by atoms with Crippen molar-refractivity contribution in [2.24, 2.45) is 0 Å². The summed E-state index contributed by atoms with van der Waals surface area (Å²) in [6.07, 6.45) is 0. The molecule has 0 bridgehead atoms. The number of carbonyl (C=O) groups excluding carboxylic acids is 2. The van der Waals surface area contributed by atoms with Crippen molar-refractivity contribution in [3.63, 3.8) is 0 Å². The van der Waals surface area contributed by atoms with Crippen molar-refractivity contribution in [1.29, 1.82) is 0 Å². The fraction of sp³-hybridized carbons (Fsp3) is 0.267. The smallest absolute Gasteiger partial charge is 0.268 e. The number of fused-ring (bicyclic) bond motifs is 1. The van der Waals surface area contributed by atoms with E-state index in [2.05, 4.69) is 10.3 Å². The van der Waals surface area contributed by atoms with Crippen LogP contribution >= 0.6 is 11.3 Å². The summed E-state index contributed by atoms with van der Waals surface area (Å²) in [6.45, 7) is 4.86. The van der Waals surface area contributed by atoms with Crippen LogP contribution in [0.5, 0.6) is 0 Å². The number of amides is 2. The Morgan fingerprint density at radius 2 is 1.86 bits per heavy atom. The van der Waals surface area contributed by atoms with Gasteiger partial charge in [0.1, 0.15) is 0 Å². The number of thiazole rings is 1. The first-order valence-corrected chi connectivity index (χ1v) is 7.68. The Morgan fingerprint density at radius 3 is 2.43 bits per heavy atom. The molecule has 108 valence electrons. The zero-order valence-corrected chi connectivity index (χ0v) is 12.6.